The molecular formula is C42H45N. The highest BCUT2D eigenvalue weighted by atomic mass is 15.2. The standard InChI is InChI=1S/C42H45N/c1-28-20-22-33-14-9-11-18-35(33)39(28)41(4,5)29(2)21-23-31-16-13-17-32(30(31)3)25-27-38-42(6,7)40-36-19-12-10-15-34(36)24-26-37(40)43(38)8/h9-12,14-15,18-27H,2,13,16-17H2,1,3-8H3/b23-21+,32-25+,38-27+. The molecule has 4 aromatic rings. The van der Waals surface area contributed by atoms with E-state index in [0.29, 0.717) is 0 Å². The topological polar surface area (TPSA) is 3.24 Å². The number of nitrogens with zero attached hydrogens (tertiary/aromatic N) is 1. The van der Waals surface area contributed by atoms with Crippen LogP contribution in [0.3, 0.4) is 0 Å². The lowest BCUT2D eigenvalue weighted by atomic mass is 9.74. The van der Waals surface area contributed by atoms with Crippen LogP contribution in [0.1, 0.15) is 70.6 Å². The van der Waals surface area contributed by atoms with E-state index in [2.05, 4.69) is 157 Å². The van der Waals surface area contributed by atoms with Crippen LogP contribution >= 0.6 is 0 Å². The summed E-state index contributed by atoms with van der Waals surface area (Å²) < 4.78 is 0. The van der Waals surface area contributed by atoms with Crippen molar-refractivity contribution >= 4 is 27.2 Å². The van der Waals surface area contributed by atoms with Gasteiger partial charge in [0, 0.05) is 29.3 Å². The van der Waals surface area contributed by atoms with E-state index in [1.54, 1.807) is 0 Å². The summed E-state index contributed by atoms with van der Waals surface area (Å²) in [5.74, 6) is 0. The fraction of sp³-hybridized carbons (Fsp3) is 0.286. The fourth-order valence-electron chi connectivity index (χ4n) is 7.62. The molecule has 0 saturated carbocycles. The first kappa shape index (κ1) is 29.0. The average molecular weight is 564 g/mol. The number of fused-ring (bicyclic) bond motifs is 4. The van der Waals surface area contributed by atoms with Crippen LogP contribution in [-0.2, 0) is 10.8 Å². The molecule has 4 aromatic carbocycles. The van der Waals surface area contributed by atoms with Crippen molar-refractivity contribution in [2.75, 3.05) is 11.9 Å². The van der Waals surface area contributed by atoms with Gasteiger partial charge in [-0.2, -0.15) is 0 Å². The van der Waals surface area contributed by atoms with Crippen LogP contribution in [0.4, 0.5) is 5.69 Å². The van der Waals surface area contributed by atoms with Crippen molar-refractivity contribution in [2.24, 2.45) is 0 Å². The third-order valence-electron chi connectivity index (χ3n) is 10.2. The molecule has 0 spiro atoms. The summed E-state index contributed by atoms with van der Waals surface area (Å²) in [6, 6.07) is 26.5. The number of aryl methyl sites for hydroxylation is 1. The Kier molecular flexibility index (Phi) is 7.33. The monoisotopic (exact) mass is 563 g/mol. The molecule has 0 aromatic heterocycles. The molecule has 43 heavy (non-hydrogen) atoms. The lowest BCUT2D eigenvalue weighted by Crippen LogP contribution is -2.22. The molecule has 0 unspecified atom stereocenters. The molecule has 0 atom stereocenters. The number of benzene rings is 4. The highest BCUT2D eigenvalue weighted by Crippen LogP contribution is 2.50. The van der Waals surface area contributed by atoms with Crippen molar-refractivity contribution in [3.05, 3.63) is 148 Å². The van der Waals surface area contributed by atoms with Crippen molar-refractivity contribution in [1.29, 1.82) is 0 Å². The predicted octanol–water partition coefficient (Wildman–Crippen LogP) is 11.4. The summed E-state index contributed by atoms with van der Waals surface area (Å²) in [4.78, 5) is 2.39. The Morgan fingerprint density at radius 3 is 2.23 bits per heavy atom. The highest BCUT2D eigenvalue weighted by Gasteiger charge is 2.39. The molecule has 0 bridgehead atoms. The van der Waals surface area contributed by atoms with Gasteiger partial charge in [0.15, 0.2) is 0 Å². The first-order valence-corrected chi connectivity index (χ1v) is 15.8. The first-order valence-electron chi connectivity index (χ1n) is 15.8. The van der Waals surface area contributed by atoms with Crippen molar-refractivity contribution in [3.63, 3.8) is 0 Å². The molecule has 218 valence electrons. The van der Waals surface area contributed by atoms with Crippen LogP contribution in [-0.4, -0.2) is 7.05 Å². The van der Waals surface area contributed by atoms with Gasteiger partial charge in [-0.05, 0) is 106 Å². The molecule has 0 amide bonds. The van der Waals surface area contributed by atoms with E-state index >= 15 is 0 Å². The van der Waals surface area contributed by atoms with Crippen molar-refractivity contribution in [1.82, 2.24) is 0 Å². The number of anilines is 1. The minimum Gasteiger partial charge on any atom is -0.347 e. The number of hydrogen-bond donors (Lipinski definition) is 0. The Morgan fingerprint density at radius 2 is 1.49 bits per heavy atom. The zero-order valence-corrected chi connectivity index (χ0v) is 27.0. The van der Waals surface area contributed by atoms with Gasteiger partial charge in [-0.25, -0.2) is 0 Å². The van der Waals surface area contributed by atoms with Gasteiger partial charge in [-0.3, -0.25) is 0 Å². The Bertz CT molecular complexity index is 1890. The molecule has 1 heterocycles. The predicted molar refractivity (Wildman–Crippen MR) is 188 cm³/mol. The zero-order chi connectivity index (χ0) is 30.5. The van der Waals surface area contributed by atoms with Crippen molar-refractivity contribution in [2.45, 2.75) is 71.6 Å². The van der Waals surface area contributed by atoms with Crippen LogP contribution in [0.5, 0.6) is 0 Å². The third-order valence-corrected chi connectivity index (χ3v) is 10.2. The second-order valence-electron chi connectivity index (χ2n) is 13.6. The van der Waals surface area contributed by atoms with Gasteiger partial charge >= 0.3 is 0 Å². The van der Waals surface area contributed by atoms with Crippen LogP contribution in [0, 0.1) is 6.92 Å². The second kappa shape index (κ2) is 10.9. The minimum absolute atomic E-state index is 0.0694. The minimum atomic E-state index is -0.175. The second-order valence-corrected chi connectivity index (χ2v) is 13.6. The molecular weight excluding hydrogens is 518 g/mol. The Balaban J connectivity index is 1.30. The Labute approximate surface area is 258 Å². The van der Waals surface area contributed by atoms with Crippen molar-refractivity contribution in [3.8, 4) is 0 Å². The lowest BCUT2D eigenvalue weighted by molar-refractivity contribution is 0.643. The van der Waals surface area contributed by atoms with E-state index in [1.807, 2.05) is 0 Å². The molecule has 2 aliphatic rings. The molecule has 6 rings (SSSR count). The SMILES string of the molecule is C=C(/C=C/C1=C(C)C(=C/C=C2/N(C)c3ccc4ccccc4c3C2(C)C)/CCC1)C(C)(C)c1c(C)ccc2ccccc12. The van der Waals surface area contributed by atoms with E-state index in [9.17, 15) is 0 Å². The van der Waals surface area contributed by atoms with Gasteiger partial charge in [0.2, 0.25) is 0 Å². The van der Waals surface area contributed by atoms with Gasteiger partial charge in [-0.1, -0.05) is 119 Å². The van der Waals surface area contributed by atoms with Crippen LogP contribution in [0.2, 0.25) is 0 Å². The van der Waals surface area contributed by atoms with Crippen LogP contribution in [0.25, 0.3) is 21.5 Å². The fourth-order valence-corrected chi connectivity index (χ4v) is 7.62. The van der Waals surface area contributed by atoms with E-state index < -0.39 is 0 Å². The molecule has 0 fully saturated rings. The highest BCUT2D eigenvalue weighted by molar-refractivity contribution is 5.94. The summed E-state index contributed by atoms with van der Waals surface area (Å²) in [6.45, 7) is 18.5. The summed E-state index contributed by atoms with van der Waals surface area (Å²) in [7, 11) is 2.22. The van der Waals surface area contributed by atoms with E-state index in [0.717, 1.165) is 18.4 Å². The maximum absolute atomic E-state index is 4.59. The van der Waals surface area contributed by atoms with Crippen LogP contribution < -0.4 is 4.90 Å². The quantitative estimate of drug-likeness (QED) is 0.218. The van der Waals surface area contributed by atoms with Gasteiger partial charge in [0.25, 0.3) is 0 Å². The molecule has 1 nitrogen and oxygen atoms in total. The number of allylic oxidation sites excluding steroid dienone is 9. The van der Waals surface area contributed by atoms with Crippen LogP contribution in [0.15, 0.2) is 132 Å². The molecule has 0 N–H and O–H groups in total. The maximum Gasteiger partial charge on any atom is 0.0454 e. The number of likely N-dealkylation sites (N-methyl/N-ethyl adjacent to an activating group) is 1. The number of hydrogen-bond acceptors (Lipinski definition) is 1. The summed E-state index contributed by atoms with van der Waals surface area (Å²) in [6.07, 6.45) is 12.8. The Morgan fingerprint density at radius 1 is 0.837 bits per heavy atom. The summed E-state index contributed by atoms with van der Waals surface area (Å²) in [5, 5.41) is 5.28. The summed E-state index contributed by atoms with van der Waals surface area (Å²) >= 11 is 0. The molecule has 1 aliphatic heterocycles. The van der Waals surface area contributed by atoms with E-state index in [4.69, 9.17) is 0 Å². The van der Waals surface area contributed by atoms with Gasteiger partial charge in [-0.15, -0.1) is 0 Å². The van der Waals surface area contributed by atoms with Gasteiger partial charge < -0.3 is 4.90 Å². The lowest BCUT2D eigenvalue weighted by Gasteiger charge is -2.30. The normalized spacial score (nSPS) is 18.9. The van der Waals surface area contributed by atoms with Crippen molar-refractivity contribution < 1.29 is 0 Å². The maximum atomic E-state index is 4.59. The van der Waals surface area contributed by atoms with E-state index in [1.165, 1.54) is 72.8 Å². The Hall–Kier alpha value is -4.10. The summed E-state index contributed by atoms with van der Waals surface area (Å²) in [5.41, 5.74) is 12.0. The average Bonchev–Trinajstić information content (AvgIpc) is 3.19. The first-order chi connectivity index (χ1) is 20.5. The largest absolute Gasteiger partial charge is 0.347 e. The van der Waals surface area contributed by atoms with E-state index in [-0.39, 0.29) is 10.8 Å². The van der Waals surface area contributed by atoms with Gasteiger partial charge in [0.05, 0.1) is 0 Å². The zero-order valence-electron chi connectivity index (χ0n) is 27.0. The molecule has 1 heteroatoms. The smallest absolute Gasteiger partial charge is 0.0454 e. The molecule has 0 radical (unpaired) electrons. The third kappa shape index (κ3) is 4.89. The molecule has 0 saturated heterocycles. The number of rotatable bonds is 5. The van der Waals surface area contributed by atoms with Gasteiger partial charge in [0.1, 0.15) is 0 Å². The molecule has 1 aliphatic carbocycles.